The molecule has 1 aliphatic heterocycles. The fourth-order valence-electron chi connectivity index (χ4n) is 4.30. The maximum absolute atomic E-state index is 13.6. The van der Waals surface area contributed by atoms with E-state index in [1.54, 1.807) is 0 Å². The van der Waals surface area contributed by atoms with Gasteiger partial charge in [0.25, 0.3) is 0 Å². The lowest BCUT2D eigenvalue weighted by molar-refractivity contribution is -0.121. The second-order valence-electron chi connectivity index (χ2n) is 9.11. The summed E-state index contributed by atoms with van der Waals surface area (Å²) >= 11 is 0. The Morgan fingerprint density at radius 2 is 1.88 bits per heavy atom. The highest BCUT2D eigenvalue weighted by atomic mass is 32.2. The van der Waals surface area contributed by atoms with Crippen molar-refractivity contribution >= 4 is 27.3 Å². The third-order valence-electron chi connectivity index (χ3n) is 6.15. The second kappa shape index (κ2) is 11.2. The van der Waals surface area contributed by atoms with E-state index in [-0.39, 0.29) is 37.0 Å². The van der Waals surface area contributed by atoms with Crippen LogP contribution >= 0.6 is 0 Å². The highest BCUT2D eigenvalue weighted by Crippen LogP contribution is 2.25. The van der Waals surface area contributed by atoms with Gasteiger partial charge in [0.2, 0.25) is 15.9 Å². The van der Waals surface area contributed by atoms with Crippen molar-refractivity contribution in [1.29, 1.82) is 0 Å². The van der Waals surface area contributed by atoms with Crippen LogP contribution < -0.4 is 14.5 Å². The number of piperidine rings is 1. The third-order valence-corrected chi connectivity index (χ3v) is 7.34. The molecule has 0 bridgehead atoms. The molecule has 34 heavy (non-hydrogen) atoms. The van der Waals surface area contributed by atoms with Gasteiger partial charge in [0.15, 0.2) is 11.6 Å². The molecule has 2 aromatic rings. The van der Waals surface area contributed by atoms with Gasteiger partial charge in [-0.25, -0.2) is 17.2 Å². The highest BCUT2D eigenvalue weighted by Gasteiger charge is 2.20. The number of nitrogens with one attached hydrogen (secondary N) is 1. The quantitative estimate of drug-likeness (QED) is 0.553. The second-order valence-corrected chi connectivity index (χ2v) is 11.0. The van der Waals surface area contributed by atoms with Crippen LogP contribution in [-0.2, 0) is 14.8 Å². The number of hydrogen-bond acceptors (Lipinski definition) is 4. The molecule has 1 amide bonds. The third kappa shape index (κ3) is 6.91. The molecule has 9 heteroatoms. The highest BCUT2D eigenvalue weighted by molar-refractivity contribution is 7.92. The minimum atomic E-state index is -3.72. The Bertz CT molecular complexity index is 1090. The summed E-state index contributed by atoms with van der Waals surface area (Å²) in [6.07, 6.45) is 3.79. The number of sulfonamides is 1. The van der Waals surface area contributed by atoms with Crippen LogP contribution in [0.3, 0.4) is 0 Å². The molecule has 2 aromatic carbocycles. The van der Waals surface area contributed by atoms with Gasteiger partial charge in [0.1, 0.15) is 0 Å². The van der Waals surface area contributed by atoms with Crippen molar-refractivity contribution in [1.82, 2.24) is 5.32 Å². The molecule has 0 unspecified atom stereocenters. The maximum atomic E-state index is 13.6. The van der Waals surface area contributed by atoms with Crippen LogP contribution in [0.15, 0.2) is 42.5 Å². The molecule has 0 aliphatic carbocycles. The number of amides is 1. The van der Waals surface area contributed by atoms with E-state index in [9.17, 15) is 22.0 Å². The zero-order chi connectivity index (χ0) is 24.9. The smallest absolute Gasteiger partial charge is 0.232 e. The molecular weight excluding hydrogens is 460 g/mol. The van der Waals surface area contributed by atoms with Crippen molar-refractivity contribution < 1.29 is 22.0 Å². The van der Waals surface area contributed by atoms with E-state index in [0.717, 1.165) is 41.3 Å². The van der Waals surface area contributed by atoms with Crippen LogP contribution in [0.4, 0.5) is 20.2 Å². The minimum absolute atomic E-state index is 0.0192. The van der Waals surface area contributed by atoms with E-state index in [1.165, 1.54) is 24.6 Å². The normalized spacial score (nSPS) is 17.3. The summed E-state index contributed by atoms with van der Waals surface area (Å²) in [6.45, 7) is 6.27. The molecule has 1 saturated heterocycles. The molecule has 3 rings (SSSR count). The minimum Gasteiger partial charge on any atom is -0.371 e. The van der Waals surface area contributed by atoms with Gasteiger partial charge in [-0.1, -0.05) is 19.1 Å². The lowest BCUT2D eigenvalue weighted by atomic mass is 9.99. The Balaban J connectivity index is 1.52. The predicted octanol–water partition coefficient (Wildman–Crippen LogP) is 4.62. The molecule has 6 nitrogen and oxygen atoms in total. The topological polar surface area (TPSA) is 69.7 Å². The number of hydrogen-bond donors (Lipinski definition) is 1. The fraction of sp³-hybridized carbons (Fsp3) is 0.480. The molecule has 1 aliphatic rings. The van der Waals surface area contributed by atoms with Crippen molar-refractivity contribution in [3.63, 3.8) is 0 Å². The first-order valence-electron chi connectivity index (χ1n) is 11.6. The molecule has 0 saturated carbocycles. The Hall–Kier alpha value is -2.68. The Kier molecular flexibility index (Phi) is 8.52. The van der Waals surface area contributed by atoms with Gasteiger partial charge in [-0.15, -0.1) is 0 Å². The number of benzene rings is 2. The summed E-state index contributed by atoms with van der Waals surface area (Å²) in [7, 11) is -3.72. The summed E-state index contributed by atoms with van der Waals surface area (Å²) in [5, 5.41) is 2.94. The lowest BCUT2D eigenvalue weighted by Gasteiger charge is -2.33. The molecule has 1 N–H and O–H groups in total. The summed E-state index contributed by atoms with van der Waals surface area (Å²) < 4.78 is 52.0. The largest absolute Gasteiger partial charge is 0.371 e. The molecular formula is C25H33F2N3O3S. The van der Waals surface area contributed by atoms with E-state index in [0.29, 0.717) is 5.92 Å². The van der Waals surface area contributed by atoms with Gasteiger partial charge in [0.05, 0.1) is 18.0 Å². The van der Waals surface area contributed by atoms with Crippen molar-refractivity contribution in [3.05, 3.63) is 59.7 Å². The van der Waals surface area contributed by atoms with Gasteiger partial charge in [-0.05, 0) is 61.9 Å². The molecule has 0 aromatic heterocycles. The number of carbonyl (C=O) groups excluding carboxylic acids is 1. The first kappa shape index (κ1) is 25.9. The number of nitrogens with zero attached hydrogens (tertiary/aromatic N) is 2. The number of halogens is 2. The maximum Gasteiger partial charge on any atom is 0.232 e. The number of rotatable bonds is 9. The summed E-state index contributed by atoms with van der Waals surface area (Å²) in [4.78, 5) is 14.8. The van der Waals surface area contributed by atoms with Crippen LogP contribution in [0, 0.1) is 17.6 Å². The van der Waals surface area contributed by atoms with E-state index in [4.69, 9.17) is 0 Å². The first-order chi connectivity index (χ1) is 16.0. The number of carbonyl (C=O) groups is 1. The molecule has 1 fully saturated rings. The Morgan fingerprint density at radius 3 is 2.50 bits per heavy atom. The SMILES string of the molecule is C[C@@H]1CCCN(c2ccc([C@@H](C)NC(=O)CCCN(c3ccc(F)c(F)c3)S(C)(=O)=O)cc2)C1. The van der Waals surface area contributed by atoms with E-state index >= 15 is 0 Å². The van der Waals surface area contributed by atoms with Gasteiger partial charge in [-0.3, -0.25) is 9.10 Å². The molecule has 0 radical (unpaired) electrons. The monoisotopic (exact) mass is 493 g/mol. The zero-order valence-corrected chi connectivity index (χ0v) is 20.7. The zero-order valence-electron chi connectivity index (χ0n) is 19.9. The molecule has 1 heterocycles. The first-order valence-corrected chi connectivity index (χ1v) is 13.5. The average molecular weight is 494 g/mol. The van der Waals surface area contributed by atoms with Crippen molar-refractivity contribution in [2.45, 2.75) is 45.6 Å². The fourth-order valence-corrected chi connectivity index (χ4v) is 5.26. The Morgan fingerprint density at radius 1 is 1.18 bits per heavy atom. The van der Waals surface area contributed by atoms with Crippen molar-refractivity contribution in [2.24, 2.45) is 5.92 Å². The summed E-state index contributed by atoms with van der Waals surface area (Å²) in [5.41, 5.74) is 2.20. The van der Waals surface area contributed by atoms with Crippen LogP contribution in [0.2, 0.25) is 0 Å². The van der Waals surface area contributed by atoms with Crippen LogP contribution in [0.25, 0.3) is 0 Å². The molecule has 2 atom stereocenters. The molecule has 0 spiro atoms. The average Bonchev–Trinajstić information content (AvgIpc) is 2.78. The standard InChI is InChI=1S/C25H33F2N3O3S/c1-18-6-4-14-29(17-18)21-10-8-20(9-11-21)19(2)28-25(31)7-5-15-30(34(3,32)33)22-12-13-23(26)24(27)16-22/h8-13,16,18-19H,4-7,14-15,17H2,1-3H3,(H,28,31)/t18-,19-/m1/s1. The van der Waals surface area contributed by atoms with Crippen LogP contribution in [0.5, 0.6) is 0 Å². The molecule has 186 valence electrons. The lowest BCUT2D eigenvalue weighted by Crippen LogP contribution is -2.34. The number of anilines is 2. The van der Waals surface area contributed by atoms with E-state index in [1.807, 2.05) is 19.1 Å². The predicted molar refractivity (Wildman–Crippen MR) is 131 cm³/mol. The van der Waals surface area contributed by atoms with Crippen molar-refractivity contribution in [2.75, 3.05) is 35.1 Å². The van der Waals surface area contributed by atoms with Gasteiger partial charge >= 0.3 is 0 Å². The van der Waals surface area contributed by atoms with Gasteiger partial charge in [-0.2, -0.15) is 0 Å². The van der Waals surface area contributed by atoms with Gasteiger partial charge in [0, 0.05) is 37.8 Å². The van der Waals surface area contributed by atoms with E-state index < -0.39 is 21.7 Å². The van der Waals surface area contributed by atoms with Crippen LogP contribution in [-0.4, -0.2) is 40.2 Å². The van der Waals surface area contributed by atoms with Gasteiger partial charge < -0.3 is 10.2 Å². The van der Waals surface area contributed by atoms with E-state index in [2.05, 4.69) is 29.3 Å². The Labute approximate surface area is 201 Å². The van der Waals surface area contributed by atoms with Crippen molar-refractivity contribution in [3.8, 4) is 0 Å². The summed E-state index contributed by atoms with van der Waals surface area (Å²) in [6, 6.07) is 10.9. The summed E-state index contributed by atoms with van der Waals surface area (Å²) in [5.74, 6) is -1.70. The van der Waals surface area contributed by atoms with Crippen LogP contribution in [0.1, 0.15) is 51.1 Å².